The fourth-order valence-electron chi connectivity index (χ4n) is 3.84. The number of amides is 2. The van der Waals surface area contributed by atoms with Crippen molar-refractivity contribution in [1.29, 1.82) is 0 Å². The average Bonchev–Trinajstić information content (AvgIpc) is 3.19. The number of benzene rings is 2. The molecule has 2 amide bonds. The molecule has 164 valence electrons. The predicted molar refractivity (Wildman–Crippen MR) is 119 cm³/mol. The molecule has 0 aliphatic carbocycles. The lowest BCUT2D eigenvalue weighted by Gasteiger charge is -2.29. The number of phenols is 1. The number of thiol groups is 1. The van der Waals surface area contributed by atoms with Crippen molar-refractivity contribution in [2.75, 3.05) is 6.54 Å². The number of carbonyl (C=O) groups excluding carboxylic acids is 2. The van der Waals surface area contributed by atoms with Crippen LogP contribution in [-0.2, 0) is 20.8 Å². The van der Waals surface area contributed by atoms with Crippen molar-refractivity contribution in [2.45, 2.75) is 43.5 Å². The Morgan fingerprint density at radius 2 is 1.74 bits per heavy atom. The Kier molecular flexibility index (Phi) is 7.22. The first-order valence-electron chi connectivity index (χ1n) is 10.1. The lowest BCUT2D eigenvalue weighted by molar-refractivity contribution is -0.149. The SMILES string of the molecule is Cc1ccc([C@H]2CC[C@@H](C(=O)O)N2C(=O)CNC(=O)[C@@H](S)Cc2ccc(O)cc2)cc1. The van der Waals surface area contributed by atoms with E-state index in [0.717, 1.165) is 16.7 Å². The third kappa shape index (κ3) is 5.58. The summed E-state index contributed by atoms with van der Waals surface area (Å²) in [5, 5.41) is 20.8. The zero-order valence-corrected chi connectivity index (χ0v) is 18.1. The van der Waals surface area contributed by atoms with E-state index in [1.54, 1.807) is 12.1 Å². The van der Waals surface area contributed by atoms with Crippen LogP contribution in [0.2, 0.25) is 0 Å². The first kappa shape index (κ1) is 22.7. The highest BCUT2D eigenvalue weighted by Crippen LogP contribution is 2.36. The Balaban J connectivity index is 1.64. The van der Waals surface area contributed by atoms with Crippen LogP contribution in [0.15, 0.2) is 48.5 Å². The van der Waals surface area contributed by atoms with Gasteiger partial charge in [-0.05, 0) is 49.4 Å². The molecule has 3 rings (SSSR count). The molecule has 1 saturated heterocycles. The molecule has 3 atom stereocenters. The van der Waals surface area contributed by atoms with Gasteiger partial charge in [-0.1, -0.05) is 42.0 Å². The highest BCUT2D eigenvalue weighted by Gasteiger charge is 2.41. The average molecular weight is 443 g/mol. The second-order valence-electron chi connectivity index (χ2n) is 7.76. The van der Waals surface area contributed by atoms with Crippen LogP contribution in [0.3, 0.4) is 0 Å². The van der Waals surface area contributed by atoms with Gasteiger partial charge in [0.25, 0.3) is 0 Å². The van der Waals surface area contributed by atoms with Gasteiger partial charge in [-0.3, -0.25) is 9.59 Å². The zero-order chi connectivity index (χ0) is 22.5. The molecule has 2 aromatic rings. The minimum Gasteiger partial charge on any atom is -0.508 e. The van der Waals surface area contributed by atoms with Gasteiger partial charge in [0.15, 0.2) is 0 Å². The molecule has 31 heavy (non-hydrogen) atoms. The molecule has 1 heterocycles. The monoisotopic (exact) mass is 442 g/mol. The number of carboxylic acids is 1. The molecule has 7 nitrogen and oxygen atoms in total. The predicted octanol–water partition coefficient (Wildman–Crippen LogP) is 2.47. The maximum absolute atomic E-state index is 12.9. The molecule has 3 N–H and O–H groups in total. The molecule has 0 radical (unpaired) electrons. The van der Waals surface area contributed by atoms with Gasteiger partial charge in [0, 0.05) is 0 Å². The van der Waals surface area contributed by atoms with Crippen molar-refractivity contribution < 1.29 is 24.6 Å². The molecule has 2 aromatic carbocycles. The second-order valence-corrected chi connectivity index (χ2v) is 8.39. The molecule has 0 unspecified atom stereocenters. The van der Waals surface area contributed by atoms with E-state index in [1.807, 2.05) is 31.2 Å². The van der Waals surface area contributed by atoms with E-state index in [2.05, 4.69) is 17.9 Å². The molecular weight excluding hydrogens is 416 g/mol. The van der Waals surface area contributed by atoms with Gasteiger partial charge in [0.1, 0.15) is 11.8 Å². The highest BCUT2D eigenvalue weighted by atomic mass is 32.1. The van der Waals surface area contributed by atoms with E-state index in [0.29, 0.717) is 19.3 Å². The van der Waals surface area contributed by atoms with E-state index in [9.17, 15) is 24.6 Å². The minimum absolute atomic E-state index is 0.135. The third-order valence-corrected chi connectivity index (χ3v) is 5.92. The Labute approximate surface area is 186 Å². The van der Waals surface area contributed by atoms with Crippen LogP contribution in [0.5, 0.6) is 5.75 Å². The van der Waals surface area contributed by atoms with Crippen LogP contribution < -0.4 is 5.32 Å². The molecule has 1 fully saturated rings. The molecule has 0 aromatic heterocycles. The summed E-state index contributed by atoms with van der Waals surface area (Å²) in [6, 6.07) is 12.9. The molecule has 0 spiro atoms. The van der Waals surface area contributed by atoms with E-state index < -0.39 is 29.1 Å². The minimum atomic E-state index is -1.05. The molecule has 0 bridgehead atoms. The number of rotatable bonds is 7. The first-order chi connectivity index (χ1) is 14.8. The van der Waals surface area contributed by atoms with Gasteiger partial charge in [0.05, 0.1) is 17.8 Å². The van der Waals surface area contributed by atoms with E-state index in [-0.39, 0.29) is 18.3 Å². The van der Waals surface area contributed by atoms with Gasteiger partial charge < -0.3 is 20.4 Å². The van der Waals surface area contributed by atoms with E-state index in [1.165, 1.54) is 17.0 Å². The summed E-state index contributed by atoms with van der Waals surface area (Å²) in [5.74, 6) is -1.76. The standard InChI is InChI=1S/C23H26N2O5S/c1-14-2-6-16(7-3-14)18-10-11-19(23(29)30)25(18)21(27)13-24-22(28)20(31)12-15-4-8-17(26)9-5-15/h2-9,18-20,26,31H,10-13H2,1H3,(H,24,28)(H,29,30)/t18-,19+,20+/m1/s1. The maximum Gasteiger partial charge on any atom is 0.326 e. The quantitative estimate of drug-likeness (QED) is 0.493. The smallest absolute Gasteiger partial charge is 0.326 e. The fraction of sp³-hybridized carbons (Fsp3) is 0.348. The van der Waals surface area contributed by atoms with Gasteiger partial charge in [-0.15, -0.1) is 0 Å². The summed E-state index contributed by atoms with van der Waals surface area (Å²) in [6.45, 7) is 1.67. The van der Waals surface area contributed by atoms with E-state index in [4.69, 9.17) is 0 Å². The highest BCUT2D eigenvalue weighted by molar-refractivity contribution is 7.81. The Hall–Kier alpha value is -3.00. The topological polar surface area (TPSA) is 107 Å². The summed E-state index contributed by atoms with van der Waals surface area (Å²) in [4.78, 5) is 38.4. The third-order valence-electron chi connectivity index (χ3n) is 5.50. The molecule has 8 heteroatoms. The van der Waals surface area contributed by atoms with E-state index >= 15 is 0 Å². The van der Waals surface area contributed by atoms with Crippen LogP contribution in [0, 0.1) is 6.92 Å². The van der Waals surface area contributed by atoms with Gasteiger partial charge in [-0.25, -0.2) is 4.79 Å². The number of hydrogen-bond acceptors (Lipinski definition) is 5. The summed E-state index contributed by atoms with van der Waals surface area (Å²) < 4.78 is 0. The van der Waals surface area contributed by atoms with Crippen LogP contribution in [0.4, 0.5) is 0 Å². The lowest BCUT2D eigenvalue weighted by atomic mass is 10.0. The van der Waals surface area contributed by atoms with Crippen molar-refractivity contribution in [3.8, 4) is 5.75 Å². The van der Waals surface area contributed by atoms with Crippen LogP contribution in [0.1, 0.15) is 35.6 Å². The Bertz CT molecular complexity index is 945. The number of aromatic hydroxyl groups is 1. The maximum atomic E-state index is 12.9. The number of likely N-dealkylation sites (tertiary alicyclic amines) is 1. The fourth-order valence-corrected chi connectivity index (χ4v) is 4.14. The molecular formula is C23H26N2O5S. The zero-order valence-electron chi connectivity index (χ0n) is 17.2. The molecule has 1 aliphatic heterocycles. The second kappa shape index (κ2) is 9.87. The summed E-state index contributed by atoms with van der Waals surface area (Å²) in [6.07, 6.45) is 1.25. The van der Waals surface area contributed by atoms with Crippen molar-refractivity contribution in [3.05, 3.63) is 65.2 Å². The van der Waals surface area contributed by atoms with Crippen LogP contribution in [0.25, 0.3) is 0 Å². The first-order valence-corrected chi connectivity index (χ1v) is 10.6. The van der Waals surface area contributed by atoms with Crippen molar-refractivity contribution in [1.82, 2.24) is 10.2 Å². The van der Waals surface area contributed by atoms with Gasteiger partial charge in [-0.2, -0.15) is 12.6 Å². The van der Waals surface area contributed by atoms with Gasteiger partial charge >= 0.3 is 5.97 Å². The Morgan fingerprint density at radius 1 is 1.10 bits per heavy atom. The number of aliphatic carboxylic acids is 1. The number of nitrogens with one attached hydrogen (secondary N) is 1. The molecule has 1 aliphatic rings. The van der Waals surface area contributed by atoms with Crippen LogP contribution >= 0.6 is 12.6 Å². The van der Waals surface area contributed by atoms with Crippen molar-refractivity contribution in [2.24, 2.45) is 0 Å². The van der Waals surface area contributed by atoms with Crippen LogP contribution in [-0.4, -0.2) is 50.7 Å². The summed E-state index contributed by atoms with van der Waals surface area (Å²) in [7, 11) is 0. The van der Waals surface area contributed by atoms with Crippen molar-refractivity contribution >= 4 is 30.4 Å². The number of hydrogen-bond donors (Lipinski definition) is 4. The summed E-state index contributed by atoms with van der Waals surface area (Å²) >= 11 is 4.32. The number of nitrogens with zero attached hydrogens (tertiary/aromatic N) is 1. The van der Waals surface area contributed by atoms with Crippen molar-refractivity contribution in [3.63, 3.8) is 0 Å². The lowest BCUT2D eigenvalue weighted by Crippen LogP contribution is -2.47. The number of phenolic OH excluding ortho intramolecular Hbond substituents is 1. The molecule has 0 saturated carbocycles. The number of carboxylic acid groups (broad SMARTS) is 1. The Morgan fingerprint density at radius 3 is 2.35 bits per heavy atom. The largest absolute Gasteiger partial charge is 0.508 e. The normalized spacial score (nSPS) is 19.1. The van der Waals surface area contributed by atoms with Gasteiger partial charge in [0.2, 0.25) is 11.8 Å². The summed E-state index contributed by atoms with van der Waals surface area (Å²) in [5.41, 5.74) is 2.78. The number of aryl methyl sites for hydroxylation is 1. The number of carbonyl (C=O) groups is 3.